The second-order valence-electron chi connectivity index (χ2n) is 6.30. The van der Waals surface area contributed by atoms with Crippen LogP contribution in [0, 0.1) is 6.92 Å². The molecule has 1 aromatic heterocycles. The molecule has 0 aliphatic carbocycles. The highest BCUT2D eigenvalue weighted by Gasteiger charge is 2.24. The average Bonchev–Trinajstić information content (AvgIpc) is 3.04. The van der Waals surface area contributed by atoms with Crippen LogP contribution in [0.2, 0.25) is 5.02 Å². The van der Waals surface area contributed by atoms with Crippen LogP contribution in [0.1, 0.15) is 23.0 Å². The summed E-state index contributed by atoms with van der Waals surface area (Å²) in [5.41, 5.74) is 1.59. The molecule has 0 aliphatic rings. The number of carbonyl (C=O) groups excluding carboxylic acids is 2. The Morgan fingerprint density at radius 1 is 1.10 bits per heavy atom. The standard InChI is InChI=1S/C21H20ClNO6/c1-11-15-10-14(26-3)6-8-17(15)29-19(11)21(25)28-12(2)20(24)23-13-5-7-18(27-4)16(22)9-13/h5-10,12H,1-4H3,(H,23,24)/t12-/m1/s1. The molecular weight excluding hydrogens is 398 g/mol. The summed E-state index contributed by atoms with van der Waals surface area (Å²) in [6.45, 7) is 3.21. The minimum atomic E-state index is -1.05. The normalized spacial score (nSPS) is 11.8. The Hall–Kier alpha value is -3.19. The molecule has 1 atom stereocenters. The first kappa shape index (κ1) is 20.5. The van der Waals surface area contributed by atoms with Crippen molar-refractivity contribution in [1.29, 1.82) is 0 Å². The van der Waals surface area contributed by atoms with Gasteiger partial charge in [0.25, 0.3) is 5.91 Å². The van der Waals surface area contributed by atoms with Gasteiger partial charge in [0, 0.05) is 16.6 Å². The van der Waals surface area contributed by atoms with Crippen molar-refractivity contribution >= 4 is 40.1 Å². The van der Waals surface area contributed by atoms with Crippen LogP contribution in [0.15, 0.2) is 40.8 Å². The molecule has 0 saturated heterocycles. The quantitative estimate of drug-likeness (QED) is 0.590. The fraction of sp³-hybridized carbons (Fsp3) is 0.238. The summed E-state index contributed by atoms with van der Waals surface area (Å²) in [5, 5.41) is 3.73. The number of fused-ring (bicyclic) bond motifs is 1. The van der Waals surface area contributed by atoms with Crippen LogP contribution in [0.4, 0.5) is 5.69 Å². The molecule has 3 aromatic rings. The maximum Gasteiger partial charge on any atom is 0.375 e. The van der Waals surface area contributed by atoms with E-state index in [4.69, 9.17) is 30.2 Å². The van der Waals surface area contributed by atoms with Crippen LogP contribution in [0.3, 0.4) is 0 Å². The third kappa shape index (κ3) is 4.30. The molecular formula is C21H20ClNO6. The molecule has 0 saturated carbocycles. The van der Waals surface area contributed by atoms with Crippen LogP contribution in [0.5, 0.6) is 11.5 Å². The summed E-state index contributed by atoms with van der Waals surface area (Å²) in [7, 11) is 3.05. The van der Waals surface area contributed by atoms with E-state index in [1.54, 1.807) is 50.4 Å². The number of amides is 1. The largest absolute Gasteiger partial charge is 0.497 e. The van der Waals surface area contributed by atoms with E-state index >= 15 is 0 Å². The lowest BCUT2D eigenvalue weighted by Crippen LogP contribution is -2.30. The number of aryl methyl sites for hydroxylation is 1. The molecule has 3 rings (SSSR count). The number of methoxy groups -OCH3 is 2. The molecule has 1 heterocycles. The number of anilines is 1. The van der Waals surface area contributed by atoms with Gasteiger partial charge in [-0.15, -0.1) is 0 Å². The van der Waals surface area contributed by atoms with E-state index in [1.165, 1.54) is 14.0 Å². The minimum absolute atomic E-state index is 0.0420. The average molecular weight is 418 g/mol. The predicted molar refractivity (Wildman–Crippen MR) is 109 cm³/mol. The fourth-order valence-corrected chi connectivity index (χ4v) is 3.04. The Morgan fingerprint density at radius 3 is 2.52 bits per heavy atom. The predicted octanol–water partition coefficient (Wildman–Crippen LogP) is 4.60. The molecule has 152 valence electrons. The Balaban J connectivity index is 1.71. The lowest BCUT2D eigenvalue weighted by Gasteiger charge is -2.13. The third-order valence-corrected chi connectivity index (χ3v) is 4.70. The van der Waals surface area contributed by atoms with Gasteiger partial charge in [0.1, 0.15) is 17.1 Å². The van der Waals surface area contributed by atoms with E-state index in [0.717, 1.165) is 5.39 Å². The second-order valence-corrected chi connectivity index (χ2v) is 6.71. The van der Waals surface area contributed by atoms with Gasteiger partial charge in [-0.3, -0.25) is 4.79 Å². The van der Waals surface area contributed by atoms with Crippen molar-refractivity contribution in [3.63, 3.8) is 0 Å². The molecule has 0 unspecified atom stereocenters. The Labute approximate surface area is 172 Å². The first-order valence-electron chi connectivity index (χ1n) is 8.76. The van der Waals surface area contributed by atoms with E-state index in [2.05, 4.69) is 5.32 Å². The number of rotatable bonds is 6. The third-order valence-electron chi connectivity index (χ3n) is 4.40. The van der Waals surface area contributed by atoms with Crippen molar-refractivity contribution in [1.82, 2.24) is 0 Å². The Morgan fingerprint density at radius 2 is 1.86 bits per heavy atom. The van der Waals surface area contributed by atoms with E-state index in [9.17, 15) is 9.59 Å². The van der Waals surface area contributed by atoms with Crippen molar-refractivity contribution in [2.45, 2.75) is 20.0 Å². The second kappa shape index (κ2) is 8.45. The van der Waals surface area contributed by atoms with Gasteiger partial charge in [-0.1, -0.05) is 11.6 Å². The summed E-state index contributed by atoms with van der Waals surface area (Å²) in [4.78, 5) is 24.9. The van der Waals surface area contributed by atoms with E-state index in [0.29, 0.717) is 33.4 Å². The van der Waals surface area contributed by atoms with Crippen molar-refractivity contribution in [3.8, 4) is 11.5 Å². The molecule has 0 spiro atoms. The van der Waals surface area contributed by atoms with E-state index in [1.807, 2.05) is 0 Å². The summed E-state index contributed by atoms with van der Waals surface area (Å²) in [6.07, 6.45) is -1.05. The molecule has 29 heavy (non-hydrogen) atoms. The zero-order chi connectivity index (χ0) is 21.1. The number of hydrogen-bond donors (Lipinski definition) is 1. The zero-order valence-corrected chi connectivity index (χ0v) is 17.1. The lowest BCUT2D eigenvalue weighted by atomic mass is 10.1. The summed E-state index contributed by atoms with van der Waals surface area (Å²) < 4.78 is 21.2. The van der Waals surface area contributed by atoms with E-state index in [-0.39, 0.29) is 5.76 Å². The smallest absolute Gasteiger partial charge is 0.375 e. The maximum atomic E-state index is 12.5. The van der Waals surface area contributed by atoms with Crippen LogP contribution in [-0.2, 0) is 9.53 Å². The molecule has 8 heteroatoms. The van der Waals surface area contributed by atoms with Gasteiger partial charge < -0.3 is 23.9 Å². The monoisotopic (exact) mass is 417 g/mol. The molecule has 0 aliphatic heterocycles. The molecule has 0 fully saturated rings. The number of hydrogen-bond acceptors (Lipinski definition) is 6. The summed E-state index contributed by atoms with van der Waals surface area (Å²) in [5.74, 6) is -0.0585. The first-order chi connectivity index (χ1) is 13.8. The van der Waals surface area contributed by atoms with Crippen LogP contribution in [-0.4, -0.2) is 32.2 Å². The number of nitrogens with one attached hydrogen (secondary N) is 1. The molecule has 1 N–H and O–H groups in total. The van der Waals surface area contributed by atoms with Crippen LogP contribution in [0.25, 0.3) is 11.0 Å². The van der Waals surface area contributed by atoms with Gasteiger partial charge in [-0.25, -0.2) is 4.79 Å². The molecule has 7 nitrogen and oxygen atoms in total. The highest BCUT2D eigenvalue weighted by atomic mass is 35.5. The molecule has 1 amide bonds. The van der Waals surface area contributed by atoms with E-state index < -0.39 is 18.0 Å². The number of carbonyl (C=O) groups is 2. The van der Waals surface area contributed by atoms with Gasteiger partial charge >= 0.3 is 5.97 Å². The van der Waals surface area contributed by atoms with Gasteiger partial charge in [0.05, 0.1) is 19.2 Å². The number of halogens is 1. The zero-order valence-electron chi connectivity index (χ0n) is 16.4. The van der Waals surface area contributed by atoms with Crippen LogP contribution >= 0.6 is 11.6 Å². The topological polar surface area (TPSA) is 87.0 Å². The summed E-state index contributed by atoms with van der Waals surface area (Å²) >= 11 is 6.05. The van der Waals surface area contributed by atoms with Crippen molar-refractivity contribution in [2.75, 3.05) is 19.5 Å². The van der Waals surface area contributed by atoms with Crippen molar-refractivity contribution in [3.05, 3.63) is 52.7 Å². The van der Waals surface area contributed by atoms with Crippen molar-refractivity contribution in [2.24, 2.45) is 0 Å². The minimum Gasteiger partial charge on any atom is -0.497 e. The lowest BCUT2D eigenvalue weighted by molar-refractivity contribution is -0.123. The SMILES string of the molecule is COc1ccc2oc(C(=O)O[C@H](C)C(=O)Nc3ccc(OC)c(Cl)c3)c(C)c2c1. The highest BCUT2D eigenvalue weighted by Crippen LogP contribution is 2.30. The van der Waals surface area contributed by atoms with Gasteiger partial charge in [0.2, 0.25) is 5.76 Å². The van der Waals surface area contributed by atoms with Gasteiger partial charge in [-0.05, 0) is 50.2 Å². The number of ether oxygens (including phenoxy) is 3. The van der Waals surface area contributed by atoms with Gasteiger partial charge in [-0.2, -0.15) is 0 Å². The molecule has 0 bridgehead atoms. The maximum absolute atomic E-state index is 12.5. The molecule has 0 radical (unpaired) electrons. The highest BCUT2D eigenvalue weighted by molar-refractivity contribution is 6.32. The molecule has 2 aromatic carbocycles. The van der Waals surface area contributed by atoms with Crippen molar-refractivity contribution < 1.29 is 28.2 Å². The first-order valence-corrected chi connectivity index (χ1v) is 9.14. The number of furan rings is 1. The number of esters is 1. The van der Waals surface area contributed by atoms with Gasteiger partial charge in [0.15, 0.2) is 6.10 Å². The van der Waals surface area contributed by atoms with Crippen LogP contribution < -0.4 is 14.8 Å². The Kier molecular flexibility index (Phi) is 5.98. The summed E-state index contributed by atoms with van der Waals surface area (Å²) in [6, 6.07) is 10.0. The fourth-order valence-electron chi connectivity index (χ4n) is 2.78. The number of benzene rings is 2. The Bertz CT molecular complexity index is 1070.